The predicted octanol–water partition coefficient (Wildman–Crippen LogP) is 5.07. The van der Waals surface area contributed by atoms with Crippen molar-refractivity contribution < 1.29 is 28.7 Å². The number of thioether (sulfide) groups is 1. The van der Waals surface area contributed by atoms with Crippen LogP contribution in [-0.4, -0.2) is 49.4 Å². The first kappa shape index (κ1) is 32.5. The summed E-state index contributed by atoms with van der Waals surface area (Å²) in [4.78, 5) is 52.1. The van der Waals surface area contributed by atoms with Crippen molar-refractivity contribution in [2.45, 2.75) is 11.3 Å². The van der Waals surface area contributed by atoms with Crippen LogP contribution in [0.2, 0.25) is 0 Å². The summed E-state index contributed by atoms with van der Waals surface area (Å²) < 4.78 is 10.7. The Labute approximate surface area is 275 Å². The fourth-order valence-electron chi connectivity index (χ4n) is 4.50. The van der Waals surface area contributed by atoms with Crippen LogP contribution in [0.3, 0.4) is 0 Å². The van der Waals surface area contributed by atoms with Crippen molar-refractivity contribution in [3.8, 4) is 11.5 Å². The molecule has 238 valence electrons. The zero-order valence-corrected chi connectivity index (χ0v) is 26.4. The summed E-state index contributed by atoms with van der Waals surface area (Å²) in [5, 5.41) is 13.7. The molecule has 12 heteroatoms. The number of anilines is 2. The Bertz CT molecular complexity index is 1830. The zero-order chi connectivity index (χ0) is 33.2. The molecule has 0 saturated carbocycles. The standard InChI is InChI=1S/C35H31N5O6S/c1-45-29-18-13-23(20-30(29)46-2)19-28(37-34(43)24-9-5-3-6-10-24)35(44)36-25-14-16-27(17-15-25)47-22-32(41)38-31-21-33(42)40(39-31)26-11-7-4-8-12-26/h3-20H,21-22H2,1-2H3,(H,36,44)(H,37,43)(H,38,39,41)/b28-19-. The number of ether oxygens (including phenoxy) is 2. The monoisotopic (exact) mass is 649 g/mol. The van der Waals surface area contributed by atoms with E-state index in [0.29, 0.717) is 39.8 Å². The van der Waals surface area contributed by atoms with Gasteiger partial charge in [-0.1, -0.05) is 42.5 Å². The smallest absolute Gasteiger partial charge is 0.272 e. The summed E-state index contributed by atoms with van der Waals surface area (Å²) in [6.45, 7) is 0. The van der Waals surface area contributed by atoms with E-state index in [0.717, 1.165) is 4.90 Å². The normalized spacial score (nSPS) is 12.6. The van der Waals surface area contributed by atoms with Gasteiger partial charge in [-0.25, -0.2) is 0 Å². The summed E-state index contributed by atoms with van der Waals surface area (Å²) >= 11 is 1.29. The van der Waals surface area contributed by atoms with Gasteiger partial charge in [-0.05, 0) is 72.3 Å². The molecule has 0 saturated heterocycles. The van der Waals surface area contributed by atoms with Gasteiger partial charge < -0.3 is 25.4 Å². The second-order valence-corrected chi connectivity index (χ2v) is 11.1. The maximum absolute atomic E-state index is 13.4. The fourth-order valence-corrected chi connectivity index (χ4v) is 5.20. The maximum atomic E-state index is 13.4. The Kier molecular flexibility index (Phi) is 10.7. The van der Waals surface area contributed by atoms with Crippen LogP contribution < -0.4 is 30.4 Å². The topological polar surface area (TPSA) is 138 Å². The summed E-state index contributed by atoms with van der Waals surface area (Å²) in [6.07, 6.45) is 1.55. The van der Waals surface area contributed by atoms with Gasteiger partial charge in [0.15, 0.2) is 11.5 Å². The lowest BCUT2D eigenvalue weighted by atomic mass is 10.1. The molecule has 1 aliphatic rings. The minimum absolute atomic E-state index is 0.00788. The molecule has 0 fully saturated rings. The van der Waals surface area contributed by atoms with Crippen molar-refractivity contribution in [2.75, 3.05) is 30.3 Å². The molecule has 0 bridgehead atoms. The first-order valence-corrected chi connectivity index (χ1v) is 15.4. The van der Waals surface area contributed by atoms with Crippen LogP contribution in [0.1, 0.15) is 22.3 Å². The van der Waals surface area contributed by atoms with E-state index in [1.165, 1.54) is 31.0 Å². The first-order chi connectivity index (χ1) is 22.8. The molecule has 0 atom stereocenters. The third-order valence-corrected chi connectivity index (χ3v) is 7.80. The number of hydrazone groups is 1. The van der Waals surface area contributed by atoms with Crippen LogP contribution in [0.25, 0.3) is 6.08 Å². The fraction of sp³-hybridized carbons (Fsp3) is 0.114. The van der Waals surface area contributed by atoms with Gasteiger partial charge >= 0.3 is 0 Å². The van der Waals surface area contributed by atoms with E-state index < -0.39 is 11.8 Å². The summed E-state index contributed by atoms with van der Waals surface area (Å²) in [5.41, 5.74) is 2.12. The SMILES string of the molecule is COc1ccc(/C=C(\NC(=O)c2ccccc2)C(=O)Nc2ccc(SCC(=O)NC3=NN(c4ccccc4)C(=O)C3)cc2)cc1OC. The quantitative estimate of drug-likeness (QED) is 0.152. The van der Waals surface area contributed by atoms with Crippen LogP contribution in [-0.2, 0) is 14.4 Å². The van der Waals surface area contributed by atoms with Gasteiger partial charge in [0.2, 0.25) is 5.91 Å². The molecule has 4 aromatic carbocycles. The lowest BCUT2D eigenvalue weighted by Crippen LogP contribution is -2.31. The van der Waals surface area contributed by atoms with Gasteiger partial charge in [0.05, 0.1) is 32.1 Å². The van der Waals surface area contributed by atoms with Crippen molar-refractivity contribution in [1.82, 2.24) is 10.6 Å². The average molecular weight is 650 g/mol. The van der Waals surface area contributed by atoms with Crippen LogP contribution in [0, 0.1) is 0 Å². The molecule has 3 N–H and O–H groups in total. The minimum Gasteiger partial charge on any atom is -0.493 e. The van der Waals surface area contributed by atoms with Gasteiger partial charge in [-0.2, -0.15) is 10.1 Å². The predicted molar refractivity (Wildman–Crippen MR) is 181 cm³/mol. The van der Waals surface area contributed by atoms with Gasteiger partial charge in [0, 0.05) is 16.1 Å². The van der Waals surface area contributed by atoms with Crippen LogP contribution >= 0.6 is 11.8 Å². The second kappa shape index (κ2) is 15.4. The van der Waals surface area contributed by atoms with Crippen molar-refractivity contribution >= 4 is 58.7 Å². The third-order valence-electron chi connectivity index (χ3n) is 6.79. The van der Waals surface area contributed by atoms with Gasteiger partial charge in [-0.15, -0.1) is 11.8 Å². The molecule has 4 aromatic rings. The number of para-hydroxylation sites is 1. The lowest BCUT2D eigenvalue weighted by molar-refractivity contribution is -0.117. The average Bonchev–Trinajstić information content (AvgIpc) is 3.47. The van der Waals surface area contributed by atoms with E-state index >= 15 is 0 Å². The van der Waals surface area contributed by atoms with Crippen LogP contribution in [0.15, 0.2) is 119 Å². The Hall–Kier alpha value is -5.88. The third kappa shape index (κ3) is 8.65. The van der Waals surface area contributed by atoms with Gasteiger partial charge in [0.25, 0.3) is 17.7 Å². The van der Waals surface area contributed by atoms with E-state index in [9.17, 15) is 19.2 Å². The Morgan fingerprint density at radius 3 is 2.21 bits per heavy atom. The van der Waals surface area contributed by atoms with Crippen LogP contribution in [0.5, 0.6) is 11.5 Å². The first-order valence-electron chi connectivity index (χ1n) is 14.4. The molecule has 1 aliphatic heterocycles. The molecule has 11 nitrogen and oxygen atoms in total. The molecule has 0 aromatic heterocycles. The number of hydrogen-bond donors (Lipinski definition) is 3. The van der Waals surface area contributed by atoms with Gasteiger partial charge in [0.1, 0.15) is 11.5 Å². The summed E-state index contributed by atoms with van der Waals surface area (Å²) in [5.74, 6) is -0.135. The molecule has 5 rings (SSSR count). The number of hydrogen-bond acceptors (Lipinski definition) is 8. The second-order valence-electron chi connectivity index (χ2n) is 10.1. The summed E-state index contributed by atoms with van der Waals surface area (Å²) in [7, 11) is 3.04. The Balaban J connectivity index is 1.22. The molecular weight excluding hydrogens is 618 g/mol. The summed E-state index contributed by atoms with van der Waals surface area (Å²) in [6, 6.07) is 29.6. The van der Waals surface area contributed by atoms with E-state index in [1.807, 2.05) is 18.2 Å². The maximum Gasteiger partial charge on any atom is 0.272 e. The largest absolute Gasteiger partial charge is 0.493 e. The van der Waals surface area contributed by atoms with Crippen molar-refractivity contribution in [3.63, 3.8) is 0 Å². The van der Waals surface area contributed by atoms with E-state index in [1.54, 1.807) is 91.0 Å². The molecule has 0 unspecified atom stereocenters. The van der Waals surface area contributed by atoms with Crippen molar-refractivity contribution in [3.05, 3.63) is 120 Å². The molecule has 4 amide bonds. The van der Waals surface area contributed by atoms with Crippen molar-refractivity contribution in [1.29, 1.82) is 0 Å². The number of nitrogens with zero attached hydrogens (tertiary/aromatic N) is 2. The zero-order valence-electron chi connectivity index (χ0n) is 25.6. The number of benzene rings is 4. The van der Waals surface area contributed by atoms with Gasteiger partial charge in [-0.3, -0.25) is 19.2 Å². The van der Waals surface area contributed by atoms with E-state index in [2.05, 4.69) is 21.1 Å². The number of methoxy groups -OCH3 is 2. The highest BCUT2D eigenvalue weighted by atomic mass is 32.2. The molecule has 0 radical (unpaired) electrons. The number of rotatable bonds is 11. The molecule has 0 spiro atoms. The lowest BCUT2D eigenvalue weighted by Gasteiger charge is -2.13. The van der Waals surface area contributed by atoms with Crippen molar-refractivity contribution in [2.24, 2.45) is 5.10 Å². The highest BCUT2D eigenvalue weighted by Gasteiger charge is 2.26. The van der Waals surface area contributed by atoms with E-state index in [-0.39, 0.29) is 29.7 Å². The molecule has 0 aliphatic carbocycles. The van der Waals surface area contributed by atoms with E-state index in [4.69, 9.17) is 9.47 Å². The highest BCUT2D eigenvalue weighted by Crippen LogP contribution is 2.28. The molecule has 1 heterocycles. The minimum atomic E-state index is -0.541. The molecule has 47 heavy (non-hydrogen) atoms. The Morgan fingerprint density at radius 1 is 0.851 bits per heavy atom. The van der Waals surface area contributed by atoms with Crippen LogP contribution in [0.4, 0.5) is 11.4 Å². The number of amidine groups is 1. The molecular formula is C35H31N5O6S. The Morgan fingerprint density at radius 2 is 1.53 bits per heavy atom. The number of carbonyl (C=O) groups excluding carboxylic acids is 4. The number of carbonyl (C=O) groups is 4. The highest BCUT2D eigenvalue weighted by molar-refractivity contribution is 8.00. The number of amides is 4. The number of nitrogens with one attached hydrogen (secondary N) is 3.